The molecule has 0 spiro atoms. The van der Waals surface area contributed by atoms with Crippen molar-refractivity contribution < 1.29 is 13.2 Å². The lowest BCUT2D eigenvalue weighted by Crippen LogP contribution is -2.31. The van der Waals surface area contributed by atoms with Crippen LogP contribution in [0.1, 0.15) is 22.4 Å². The van der Waals surface area contributed by atoms with Crippen molar-refractivity contribution in [1.29, 1.82) is 0 Å². The number of aromatic nitrogens is 2. The number of hydrogen-bond acceptors (Lipinski definition) is 3. The van der Waals surface area contributed by atoms with Crippen molar-refractivity contribution >= 4 is 11.6 Å². The minimum Gasteiger partial charge on any atom is -0.294 e. The number of halogens is 4. The van der Waals surface area contributed by atoms with E-state index in [1.807, 2.05) is 17.0 Å². The first kappa shape index (κ1) is 18.9. The van der Waals surface area contributed by atoms with Gasteiger partial charge in [0, 0.05) is 48.4 Å². The zero-order valence-corrected chi connectivity index (χ0v) is 15.6. The molecule has 0 aliphatic carbocycles. The van der Waals surface area contributed by atoms with Crippen LogP contribution in [0, 0.1) is 0 Å². The zero-order valence-electron chi connectivity index (χ0n) is 14.9. The van der Waals surface area contributed by atoms with Gasteiger partial charge in [0.05, 0.1) is 11.3 Å². The third-order valence-electron chi connectivity index (χ3n) is 4.83. The van der Waals surface area contributed by atoms with Gasteiger partial charge in [-0.05, 0) is 35.9 Å². The number of fused-ring (bicyclic) bond motifs is 1. The molecule has 0 saturated heterocycles. The Morgan fingerprint density at radius 2 is 1.79 bits per heavy atom. The van der Waals surface area contributed by atoms with Crippen LogP contribution < -0.4 is 0 Å². The fraction of sp³-hybridized carbons (Fsp3) is 0.238. The first-order valence-corrected chi connectivity index (χ1v) is 9.26. The molecule has 1 aliphatic rings. The zero-order chi connectivity index (χ0) is 19.7. The molecule has 28 heavy (non-hydrogen) atoms. The van der Waals surface area contributed by atoms with Gasteiger partial charge in [-0.1, -0.05) is 29.8 Å². The van der Waals surface area contributed by atoms with Crippen molar-refractivity contribution in [3.8, 4) is 11.4 Å². The van der Waals surface area contributed by atoms with Gasteiger partial charge in [-0.25, -0.2) is 9.97 Å². The first-order valence-electron chi connectivity index (χ1n) is 8.88. The molecule has 0 bridgehead atoms. The largest absolute Gasteiger partial charge is 0.416 e. The fourth-order valence-corrected chi connectivity index (χ4v) is 3.55. The average molecular weight is 404 g/mol. The Hall–Kier alpha value is -2.44. The molecular weight excluding hydrogens is 387 g/mol. The average Bonchev–Trinajstić information content (AvgIpc) is 2.68. The summed E-state index contributed by atoms with van der Waals surface area (Å²) >= 11 is 5.92. The molecule has 4 rings (SSSR count). The summed E-state index contributed by atoms with van der Waals surface area (Å²) in [5.74, 6) is 0.631. The molecule has 2 heterocycles. The highest BCUT2D eigenvalue weighted by atomic mass is 35.5. The number of rotatable bonds is 3. The maximum Gasteiger partial charge on any atom is 0.416 e. The molecule has 7 heteroatoms. The van der Waals surface area contributed by atoms with Crippen LogP contribution in [0.25, 0.3) is 11.4 Å². The van der Waals surface area contributed by atoms with Gasteiger partial charge in [-0.15, -0.1) is 0 Å². The van der Waals surface area contributed by atoms with E-state index >= 15 is 0 Å². The Balaban J connectivity index is 1.53. The van der Waals surface area contributed by atoms with Crippen LogP contribution in [-0.4, -0.2) is 21.4 Å². The highest BCUT2D eigenvalue weighted by molar-refractivity contribution is 6.30. The number of benzene rings is 2. The predicted octanol–water partition coefficient (Wildman–Crippen LogP) is 5.37. The molecule has 3 nitrogen and oxygen atoms in total. The molecule has 1 aromatic heterocycles. The van der Waals surface area contributed by atoms with Crippen molar-refractivity contribution in [3.05, 3.63) is 82.1 Å². The minimum absolute atomic E-state index is 0.244. The summed E-state index contributed by atoms with van der Waals surface area (Å²) in [6.45, 7) is 1.42. The SMILES string of the molecule is FC(F)(F)c1ccccc1CN1CCc2nc(-c3ccc(Cl)cc3)ncc2C1. The van der Waals surface area contributed by atoms with E-state index in [1.165, 1.54) is 6.07 Å². The molecule has 0 N–H and O–H groups in total. The van der Waals surface area contributed by atoms with Gasteiger partial charge in [-0.2, -0.15) is 13.2 Å². The van der Waals surface area contributed by atoms with E-state index in [0.717, 1.165) is 22.9 Å². The topological polar surface area (TPSA) is 29.0 Å². The summed E-state index contributed by atoms with van der Waals surface area (Å²) in [7, 11) is 0. The number of hydrogen-bond donors (Lipinski definition) is 0. The van der Waals surface area contributed by atoms with Crippen molar-refractivity contribution in [3.63, 3.8) is 0 Å². The Morgan fingerprint density at radius 3 is 2.54 bits per heavy atom. The normalized spacial score (nSPS) is 14.7. The Labute approximate surface area is 165 Å². The van der Waals surface area contributed by atoms with E-state index in [4.69, 9.17) is 11.6 Å². The maximum absolute atomic E-state index is 13.2. The summed E-state index contributed by atoms with van der Waals surface area (Å²) in [4.78, 5) is 11.1. The molecule has 1 aliphatic heterocycles. The van der Waals surface area contributed by atoms with E-state index in [0.29, 0.717) is 30.4 Å². The van der Waals surface area contributed by atoms with Gasteiger partial charge in [-0.3, -0.25) is 4.90 Å². The number of nitrogens with zero attached hydrogens (tertiary/aromatic N) is 3. The third kappa shape index (κ3) is 4.03. The Bertz CT molecular complexity index is 987. The second kappa shape index (κ2) is 7.53. The standard InChI is InChI=1S/C21H17ClF3N3/c22-17-7-5-14(6-8-17)20-26-11-16-13-28(10-9-19(16)27-20)12-15-3-1-2-4-18(15)21(23,24)25/h1-8,11H,9-10,12-13H2. The Kier molecular flexibility index (Phi) is 5.08. The monoisotopic (exact) mass is 403 g/mol. The summed E-state index contributed by atoms with van der Waals surface area (Å²) in [6.07, 6.45) is -1.90. The van der Waals surface area contributed by atoms with Gasteiger partial charge in [0.2, 0.25) is 0 Å². The van der Waals surface area contributed by atoms with Crippen molar-refractivity contribution in [1.82, 2.24) is 14.9 Å². The van der Waals surface area contributed by atoms with E-state index in [2.05, 4.69) is 9.97 Å². The van der Waals surface area contributed by atoms with Crippen LogP contribution in [0.3, 0.4) is 0 Å². The highest BCUT2D eigenvalue weighted by Crippen LogP contribution is 2.33. The van der Waals surface area contributed by atoms with Crippen molar-refractivity contribution in [2.45, 2.75) is 25.7 Å². The lowest BCUT2D eigenvalue weighted by Gasteiger charge is -2.29. The summed E-state index contributed by atoms with van der Waals surface area (Å²) < 4.78 is 39.7. The molecular formula is C21H17ClF3N3. The summed E-state index contributed by atoms with van der Waals surface area (Å²) in [5, 5.41) is 0.650. The van der Waals surface area contributed by atoms with Crippen LogP contribution in [0.2, 0.25) is 5.02 Å². The summed E-state index contributed by atoms with van der Waals surface area (Å²) in [5.41, 5.74) is 2.50. The van der Waals surface area contributed by atoms with Crippen LogP contribution in [0.15, 0.2) is 54.7 Å². The molecule has 0 saturated carbocycles. The molecule has 0 atom stereocenters. The van der Waals surface area contributed by atoms with Gasteiger partial charge in [0.25, 0.3) is 0 Å². The van der Waals surface area contributed by atoms with Crippen molar-refractivity contribution in [2.24, 2.45) is 0 Å². The predicted molar refractivity (Wildman–Crippen MR) is 102 cm³/mol. The molecule has 0 amide bonds. The van der Waals surface area contributed by atoms with Crippen LogP contribution in [0.4, 0.5) is 13.2 Å². The molecule has 144 valence electrons. The second-order valence-electron chi connectivity index (χ2n) is 6.79. The lowest BCUT2D eigenvalue weighted by molar-refractivity contribution is -0.138. The molecule has 0 unspecified atom stereocenters. The second-order valence-corrected chi connectivity index (χ2v) is 7.22. The molecule has 0 fully saturated rings. The maximum atomic E-state index is 13.2. The van der Waals surface area contributed by atoms with Crippen LogP contribution in [0.5, 0.6) is 0 Å². The van der Waals surface area contributed by atoms with Gasteiger partial charge in [0.15, 0.2) is 5.82 Å². The van der Waals surface area contributed by atoms with Gasteiger partial charge >= 0.3 is 6.18 Å². The third-order valence-corrected chi connectivity index (χ3v) is 5.08. The highest BCUT2D eigenvalue weighted by Gasteiger charge is 2.33. The lowest BCUT2D eigenvalue weighted by atomic mass is 10.0. The smallest absolute Gasteiger partial charge is 0.294 e. The molecule has 2 aromatic carbocycles. The molecule has 0 radical (unpaired) electrons. The quantitative estimate of drug-likeness (QED) is 0.588. The van der Waals surface area contributed by atoms with Gasteiger partial charge in [0.1, 0.15) is 0 Å². The fourth-order valence-electron chi connectivity index (χ4n) is 3.42. The van der Waals surface area contributed by atoms with Crippen molar-refractivity contribution in [2.75, 3.05) is 6.54 Å². The number of alkyl halides is 3. The van der Waals surface area contributed by atoms with E-state index in [1.54, 1.807) is 30.5 Å². The summed E-state index contributed by atoms with van der Waals surface area (Å²) in [6, 6.07) is 13.1. The van der Waals surface area contributed by atoms with Crippen LogP contribution >= 0.6 is 11.6 Å². The first-order chi connectivity index (χ1) is 13.4. The minimum atomic E-state index is -4.35. The van der Waals surface area contributed by atoms with Crippen LogP contribution in [-0.2, 0) is 25.7 Å². The van der Waals surface area contributed by atoms with Gasteiger partial charge < -0.3 is 0 Å². The van der Waals surface area contributed by atoms with E-state index in [9.17, 15) is 13.2 Å². The Morgan fingerprint density at radius 1 is 1.04 bits per heavy atom. The molecule has 3 aromatic rings. The van der Waals surface area contributed by atoms with E-state index in [-0.39, 0.29) is 12.1 Å². The van der Waals surface area contributed by atoms with E-state index < -0.39 is 11.7 Å².